The molecule has 31 heteroatoms. The minimum Gasteiger partial charge on any atom is -0.391 e. The summed E-state index contributed by atoms with van der Waals surface area (Å²) in [5.74, 6) is -11.3. The van der Waals surface area contributed by atoms with Crippen LogP contribution in [-0.4, -0.2) is 199 Å². The number of hydrogen-bond donors (Lipinski definition) is 19. The zero-order chi connectivity index (χ0) is 62.7. The number of benzene rings is 1. The maximum Gasteiger partial charge on any atom is 0.245 e. The molecule has 1 fully saturated rings. The molecule has 1 aliphatic rings. The summed E-state index contributed by atoms with van der Waals surface area (Å²) in [6.45, 7) is 8.66. The number of amides is 12. The summed E-state index contributed by atoms with van der Waals surface area (Å²) in [5.41, 5.74) is 29.6. The second kappa shape index (κ2) is 36.2. The standard InChI is InChI=1S/C52H89N17O14/c1-25(2)23-37-49(80)63-32(13-18-53)44(75)62-35(16-21-56)48(79)69-39(29(6)70)51(82)58-22-17-36(47(78)61-33(14-19-54)46(77)67-38(50(81)66-37)24-31-11-9-8-10-12-31)64-45(76)34(15-20-55)65-52(83)40(30(7)71)68-43(74)28(5)60-42(73)27(4)59-41(72)26(3)57/h8-12,25-30,32-40,70-71H,13-24,53-57H2,1-7H3,(H,58,82)(H,59,72)(H,60,73)(H,61,78)(H,62,75)(H,63,80)(H,64,76)(H,65,83)(H,66,81)(H,67,77)(H,68,74)(H,69,79)/t26-,27+,28-,29+,30+,32-,33-,34-,35-,36-,37-,38+,39-,40-/m0/s1. The van der Waals surface area contributed by atoms with E-state index in [1.54, 1.807) is 44.2 Å². The number of rotatable bonds is 24. The number of aliphatic hydroxyl groups excluding tert-OH is 2. The van der Waals surface area contributed by atoms with E-state index in [-0.39, 0.29) is 70.6 Å². The Bertz CT molecular complexity index is 2360. The Morgan fingerprint density at radius 3 is 1.48 bits per heavy atom. The lowest BCUT2D eigenvalue weighted by molar-refractivity contribution is -0.137. The van der Waals surface area contributed by atoms with Crippen molar-refractivity contribution < 1.29 is 67.7 Å². The summed E-state index contributed by atoms with van der Waals surface area (Å²) < 4.78 is 0. The molecular formula is C52H89N17O14. The summed E-state index contributed by atoms with van der Waals surface area (Å²) in [6, 6.07) is -8.70. The molecule has 12 amide bonds. The second-order valence-corrected chi connectivity index (χ2v) is 20.8. The number of hydrogen-bond acceptors (Lipinski definition) is 19. The maximum atomic E-state index is 14.5. The number of nitrogens with two attached hydrogens (primary N) is 5. The Labute approximate surface area is 482 Å². The van der Waals surface area contributed by atoms with Crippen LogP contribution in [0.2, 0.25) is 0 Å². The van der Waals surface area contributed by atoms with Gasteiger partial charge in [-0.1, -0.05) is 44.2 Å². The molecule has 2 rings (SSSR count). The Hall–Kier alpha value is -7.42. The third-order valence-corrected chi connectivity index (χ3v) is 13.0. The van der Waals surface area contributed by atoms with Crippen LogP contribution in [0.1, 0.15) is 92.6 Å². The number of carbonyl (C=O) groups is 12. The van der Waals surface area contributed by atoms with Gasteiger partial charge in [0.1, 0.15) is 66.5 Å². The largest absolute Gasteiger partial charge is 0.391 e. The third kappa shape index (κ3) is 24.5. The van der Waals surface area contributed by atoms with Crippen molar-refractivity contribution in [3.63, 3.8) is 0 Å². The quantitative estimate of drug-likeness (QED) is 0.0457. The van der Waals surface area contributed by atoms with E-state index in [4.69, 9.17) is 28.7 Å². The fourth-order valence-electron chi connectivity index (χ4n) is 8.27. The first-order chi connectivity index (χ1) is 39.1. The summed E-state index contributed by atoms with van der Waals surface area (Å²) in [5, 5.41) is 51.2. The Balaban J connectivity index is 2.68. The van der Waals surface area contributed by atoms with Crippen molar-refractivity contribution >= 4 is 70.9 Å². The fraction of sp³-hybridized carbons (Fsp3) is 0.654. The number of carbonyl (C=O) groups excluding carboxylic acids is 12. The van der Waals surface area contributed by atoms with Crippen LogP contribution in [0.25, 0.3) is 0 Å². The molecule has 0 saturated carbocycles. The fourth-order valence-corrected chi connectivity index (χ4v) is 8.27. The number of nitrogens with one attached hydrogen (secondary N) is 12. The van der Waals surface area contributed by atoms with Crippen molar-refractivity contribution in [1.29, 1.82) is 0 Å². The SMILES string of the molecule is CC(C)C[C@@H]1NC(=O)[C@@H](Cc2ccccc2)NC(=O)[C@H](CCN)NC(=O)[C@@H](NC(=O)[C@H](CCN)NC(=O)[C@@H](NC(=O)[C@H](C)NC(=O)[C@@H](C)NC(=O)[C@H](C)N)[C@@H](C)O)CCNC(=O)[C@H]([C@@H](C)O)NC(=O)[C@H](CCN)NC(=O)[C@H](CCN)NC1=O. The van der Waals surface area contributed by atoms with Gasteiger partial charge in [-0.3, -0.25) is 57.5 Å². The van der Waals surface area contributed by atoms with E-state index in [9.17, 15) is 67.7 Å². The van der Waals surface area contributed by atoms with Gasteiger partial charge in [0.2, 0.25) is 70.9 Å². The van der Waals surface area contributed by atoms with Gasteiger partial charge in [-0.05, 0) is 111 Å². The van der Waals surface area contributed by atoms with Crippen LogP contribution >= 0.6 is 0 Å². The van der Waals surface area contributed by atoms with Crippen LogP contribution in [0.3, 0.4) is 0 Å². The molecule has 24 N–H and O–H groups in total. The summed E-state index contributed by atoms with van der Waals surface area (Å²) >= 11 is 0. The van der Waals surface area contributed by atoms with Crippen LogP contribution in [0.5, 0.6) is 0 Å². The Morgan fingerprint density at radius 1 is 0.542 bits per heavy atom. The van der Waals surface area contributed by atoms with Gasteiger partial charge in [-0.25, -0.2) is 0 Å². The van der Waals surface area contributed by atoms with Crippen molar-refractivity contribution in [1.82, 2.24) is 63.8 Å². The van der Waals surface area contributed by atoms with Crippen molar-refractivity contribution in [2.24, 2.45) is 34.6 Å². The first kappa shape index (κ1) is 71.7. The zero-order valence-corrected chi connectivity index (χ0v) is 48.2. The van der Waals surface area contributed by atoms with Gasteiger partial charge in [0.15, 0.2) is 0 Å². The predicted molar refractivity (Wildman–Crippen MR) is 302 cm³/mol. The minimum absolute atomic E-state index is 0.0352. The van der Waals surface area contributed by atoms with Crippen molar-refractivity contribution in [3.8, 4) is 0 Å². The van der Waals surface area contributed by atoms with E-state index >= 15 is 0 Å². The predicted octanol–water partition coefficient (Wildman–Crippen LogP) is -8.33. The Kier molecular flexibility index (Phi) is 31.3. The topological polar surface area (TPSA) is 520 Å². The second-order valence-electron chi connectivity index (χ2n) is 20.8. The van der Waals surface area contributed by atoms with E-state index in [1.807, 2.05) is 0 Å². The number of aliphatic hydroxyl groups is 2. The summed E-state index contributed by atoms with van der Waals surface area (Å²) in [7, 11) is 0. The molecular weight excluding hydrogens is 1090 g/mol. The smallest absolute Gasteiger partial charge is 0.245 e. The molecule has 1 aliphatic heterocycles. The van der Waals surface area contributed by atoms with Gasteiger partial charge in [-0.15, -0.1) is 0 Å². The highest BCUT2D eigenvalue weighted by Gasteiger charge is 2.37. The first-order valence-corrected chi connectivity index (χ1v) is 27.7. The lowest BCUT2D eigenvalue weighted by Gasteiger charge is -2.29. The molecule has 1 heterocycles. The molecule has 1 aromatic rings. The minimum atomic E-state index is -1.76. The van der Waals surface area contributed by atoms with Gasteiger partial charge < -0.3 is 103 Å². The molecule has 1 aromatic carbocycles. The highest BCUT2D eigenvalue weighted by molar-refractivity contribution is 5.99. The van der Waals surface area contributed by atoms with Gasteiger partial charge in [0.25, 0.3) is 0 Å². The molecule has 31 nitrogen and oxygen atoms in total. The molecule has 0 aliphatic carbocycles. The van der Waals surface area contributed by atoms with Gasteiger partial charge >= 0.3 is 0 Å². The summed E-state index contributed by atoms with van der Waals surface area (Å²) in [4.78, 5) is 165. The Morgan fingerprint density at radius 2 is 1.00 bits per heavy atom. The van der Waals surface area contributed by atoms with Crippen LogP contribution < -0.4 is 92.5 Å². The van der Waals surface area contributed by atoms with Crippen LogP contribution in [0.4, 0.5) is 0 Å². The molecule has 1 saturated heterocycles. The highest BCUT2D eigenvalue weighted by atomic mass is 16.3. The van der Waals surface area contributed by atoms with E-state index in [2.05, 4.69) is 63.8 Å². The van der Waals surface area contributed by atoms with Crippen LogP contribution in [0.15, 0.2) is 30.3 Å². The molecule has 83 heavy (non-hydrogen) atoms. The lowest BCUT2D eigenvalue weighted by Crippen LogP contribution is -2.62. The molecule has 0 aromatic heterocycles. The third-order valence-electron chi connectivity index (χ3n) is 13.0. The van der Waals surface area contributed by atoms with Crippen molar-refractivity contribution in [3.05, 3.63) is 35.9 Å². The van der Waals surface area contributed by atoms with Gasteiger partial charge in [0, 0.05) is 13.0 Å². The zero-order valence-electron chi connectivity index (χ0n) is 48.2. The van der Waals surface area contributed by atoms with E-state index < -0.39 is 169 Å². The monoisotopic (exact) mass is 1180 g/mol. The molecule has 0 unspecified atom stereocenters. The molecule has 466 valence electrons. The van der Waals surface area contributed by atoms with E-state index in [0.717, 1.165) is 6.92 Å². The van der Waals surface area contributed by atoms with Gasteiger partial charge in [-0.2, -0.15) is 0 Å². The van der Waals surface area contributed by atoms with Gasteiger partial charge in [0.05, 0.1) is 18.2 Å². The molecule has 0 radical (unpaired) electrons. The molecule has 0 spiro atoms. The maximum absolute atomic E-state index is 14.5. The molecule has 0 bridgehead atoms. The molecule has 14 atom stereocenters. The van der Waals surface area contributed by atoms with E-state index in [0.29, 0.717) is 5.56 Å². The first-order valence-electron chi connectivity index (χ1n) is 27.7. The van der Waals surface area contributed by atoms with Crippen LogP contribution in [0, 0.1) is 5.92 Å². The average molecular weight is 1180 g/mol. The van der Waals surface area contributed by atoms with Crippen molar-refractivity contribution in [2.75, 3.05) is 32.7 Å². The summed E-state index contributed by atoms with van der Waals surface area (Å²) in [6.07, 6.45) is -4.66. The average Bonchev–Trinajstić information content (AvgIpc) is 3.46. The highest BCUT2D eigenvalue weighted by Crippen LogP contribution is 2.11. The van der Waals surface area contributed by atoms with Crippen molar-refractivity contribution in [2.45, 2.75) is 178 Å². The lowest BCUT2D eigenvalue weighted by atomic mass is 10.00. The normalized spacial score (nSPS) is 23.5. The van der Waals surface area contributed by atoms with Crippen LogP contribution in [-0.2, 0) is 64.0 Å². The van der Waals surface area contributed by atoms with E-state index in [1.165, 1.54) is 27.7 Å².